The summed E-state index contributed by atoms with van der Waals surface area (Å²) in [7, 11) is -0.231. The van der Waals surface area contributed by atoms with Crippen LogP contribution in [0.3, 0.4) is 0 Å². The lowest BCUT2D eigenvalue weighted by Gasteiger charge is -2.42. The van der Waals surface area contributed by atoms with Crippen molar-refractivity contribution in [3.05, 3.63) is 47.4 Å². The second kappa shape index (κ2) is 12.3. The molecule has 3 rings (SSSR count). The molecule has 3 aromatic rings. The summed E-state index contributed by atoms with van der Waals surface area (Å²) in [6, 6.07) is 9.52. The van der Waals surface area contributed by atoms with Crippen LogP contribution in [0.2, 0.25) is 21.6 Å². The molecule has 0 saturated heterocycles. The first-order valence-electron chi connectivity index (χ1n) is 12.7. The normalized spacial score (nSPS) is 12.3. The minimum Gasteiger partial charge on any atom is -0.416 e. The third kappa shape index (κ3) is 5.99. The molecule has 36 heavy (non-hydrogen) atoms. The van der Waals surface area contributed by atoms with Gasteiger partial charge in [0.1, 0.15) is 12.6 Å². The van der Waals surface area contributed by atoms with Crippen molar-refractivity contribution in [1.29, 1.82) is 0 Å². The summed E-state index contributed by atoms with van der Waals surface area (Å²) in [6.45, 7) is 15.0. The van der Waals surface area contributed by atoms with Gasteiger partial charge in [-0.3, -0.25) is 0 Å². The van der Waals surface area contributed by atoms with E-state index in [0.717, 1.165) is 35.6 Å². The van der Waals surface area contributed by atoms with Crippen LogP contribution in [0.5, 0.6) is 0 Å². The van der Waals surface area contributed by atoms with Gasteiger partial charge in [-0.05, 0) is 41.2 Å². The number of rotatable bonds is 12. The number of benzene rings is 1. The number of hydrogen-bond donors (Lipinski definition) is 1. The Labute approximate surface area is 221 Å². The zero-order chi connectivity index (χ0) is 26.5. The Bertz CT molecular complexity index is 1110. The van der Waals surface area contributed by atoms with E-state index in [4.69, 9.17) is 31.5 Å². The fraction of sp³-hybridized carbons (Fsp3) is 0.519. The number of hydrogen-bond acceptors (Lipinski definition) is 6. The number of aryl methyl sites for hydroxylation is 1. The predicted molar refractivity (Wildman–Crippen MR) is 150 cm³/mol. The molecule has 0 radical (unpaired) electrons. The average molecular weight is 530 g/mol. The summed E-state index contributed by atoms with van der Waals surface area (Å²) in [5.74, 6) is 1.13. The fourth-order valence-corrected chi connectivity index (χ4v) is 11.1. The minimum atomic E-state index is -1.91. The van der Waals surface area contributed by atoms with Gasteiger partial charge in [-0.2, -0.15) is 0 Å². The molecule has 0 fully saturated rings. The summed E-state index contributed by atoms with van der Waals surface area (Å²) in [6.07, 6.45) is 3.28. The zero-order valence-electron chi connectivity index (χ0n) is 22.6. The van der Waals surface area contributed by atoms with Gasteiger partial charge in [0.05, 0.1) is 17.1 Å². The largest absolute Gasteiger partial charge is 0.416 e. The number of nitrogen functional groups attached to an aromatic ring is 1. The van der Waals surface area contributed by atoms with Gasteiger partial charge in [0.15, 0.2) is 8.32 Å². The second-order valence-corrected chi connectivity index (χ2v) is 16.0. The van der Waals surface area contributed by atoms with Crippen molar-refractivity contribution in [1.82, 2.24) is 19.5 Å². The van der Waals surface area contributed by atoms with Crippen LogP contribution < -0.4 is 5.73 Å². The van der Waals surface area contributed by atoms with Gasteiger partial charge < -0.3 is 19.5 Å². The summed E-state index contributed by atoms with van der Waals surface area (Å²) < 4.78 is 14.4. The van der Waals surface area contributed by atoms with Gasteiger partial charge in [-0.25, -0.2) is 15.0 Å². The van der Waals surface area contributed by atoms with Crippen LogP contribution >= 0.6 is 11.6 Å². The van der Waals surface area contributed by atoms with Crippen LogP contribution in [-0.4, -0.2) is 41.6 Å². The maximum absolute atomic E-state index is 6.79. The number of nitrogens with zero attached hydrogens (tertiary/aromatic N) is 4. The summed E-state index contributed by atoms with van der Waals surface area (Å²) in [5, 5.41) is 0.674. The van der Waals surface area contributed by atoms with Crippen molar-refractivity contribution >= 4 is 25.9 Å². The van der Waals surface area contributed by atoms with Crippen molar-refractivity contribution < 1.29 is 9.16 Å². The van der Waals surface area contributed by atoms with Crippen LogP contribution in [0.15, 0.2) is 36.5 Å². The third-order valence-electron chi connectivity index (χ3n) is 6.94. The number of methoxy groups -OCH3 is 1. The van der Waals surface area contributed by atoms with E-state index in [1.54, 1.807) is 13.3 Å². The third-order valence-corrected chi connectivity index (χ3v) is 13.3. The highest BCUT2D eigenvalue weighted by atomic mass is 35.5. The molecule has 0 aliphatic heterocycles. The van der Waals surface area contributed by atoms with Crippen LogP contribution in [0.25, 0.3) is 22.6 Å². The van der Waals surface area contributed by atoms with Crippen LogP contribution in [0.4, 0.5) is 5.95 Å². The van der Waals surface area contributed by atoms with E-state index in [9.17, 15) is 0 Å². The van der Waals surface area contributed by atoms with Crippen molar-refractivity contribution in [3.63, 3.8) is 0 Å². The molecule has 2 heterocycles. The van der Waals surface area contributed by atoms with E-state index < -0.39 is 8.32 Å². The highest BCUT2D eigenvalue weighted by Crippen LogP contribution is 2.42. The first-order chi connectivity index (χ1) is 17.1. The highest BCUT2D eigenvalue weighted by Gasteiger charge is 2.44. The monoisotopic (exact) mass is 529 g/mol. The minimum absolute atomic E-state index is 0.215. The van der Waals surface area contributed by atoms with Gasteiger partial charge in [0.2, 0.25) is 5.95 Å². The Morgan fingerprint density at radius 2 is 1.61 bits per heavy atom. The maximum Gasteiger partial charge on any atom is 0.220 e. The lowest BCUT2D eigenvalue weighted by Crippen LogP contribution is -2.48. The molecule has 0 aliphatic carbocycles. The van der Waals surface area contributed by atoms with E-state index in [1.807, 2.05) is 30.3 Å². The van der Waals surface area contributed by atoms with Crippen molar-refractivity contribution in [3.8, 4) is 22.6 Å². The van der Waals surface area contributed by atoms with Crippen LogP contribution in [0.1, 0.15) is 53.8 Å². The Kier molecular flexibility index (Phi) is 9.69. The molecule has 0 amide bonds. The van der Waals surface area contributed by atoms with Gasteiger partial charge >= 0.3 is 0 Å². The van der Waals surface area contributed by atoms with E-state index in [1.165, 1.54) is 0 Å². The lowest BCUT2D eigenvalue weighted by molar-refractivity contribution is 0.129. The summed E-state index contributed by atoms with van der Waals surface area (Å²) >= 11 is 6.16. The van der Waals surface area contributed by atoms with Crippen LogP contribution in [-0.2, 0) is 22.3 Å². The zero-order valence-corrected chi connectivity index (χ0v) is 24.3. The van der Waals surface area contributed by atoms with Crippen molar-refractivity contribution in [2.45, 2.75) is 77.7 Å². The highest BCUT2D eigenvalue weighted by molar-refractivity contribution is 6.77. The SMILES string of the molecule is COCn1c(CCCO[Si](C(C)C)(C(C)C)C(C)C)nc(-c2ccc(Cl)cc2)c1-c1ccnc(N)n1. The molecule has 0 unspecified atom stereocenters. The molecule has 9 heteroatoms. The lowest BCUT2D eigenvalue weighted by atomic mass is 10.1. The molecule has 0 aliphatic rings. The molecule has 0 bridgehead atoms. The van der Waals surface area contributed by atoms with Gasteiger partial charge in [0, 0.05) is 36.9 Å². The molecular weight excluding hydrogens is 490 g/mol. The number of ether oxygens (including phenoxy) is 1. The Morgan fingerprint density at radius 1 is 0.972 bits per heavy atom. The number of anilines is 1. The molecular formula is C27H40ClN5O2Si. The van der Waals surface area contributed by atoms with E-state index in [2.05, 4.69) is 56.1 Å². The molecule has 1 aromatic carbocycles. The van der Waals surface area contributed by atoms with E-state index >= 15 is 0 Å². The van der Waals surface area contributed by atoms with E-state index in [0.29, 0.717) is 40.7 Å². The van der Waals surface area contributed by atoms with Gasteiger partial charge in [0.25, 0.3) is 0 Å². The van der Waals surface area contributed by atoms with Crippen molar-refractivity contribution in [2.24, 2.45) is 0 Å². The smallest absolute Gasteiger partial charge is 0.220 e. The molecule has 7 nitrogen and oxygen atoms in total. The quantitative estimate of drug-likeness (QED) is 0.201. The Balaban J connectivity index is 1.96. The second-order valence-electron chi connectivity index (χ2n) is 10.1. The molecule has 2 N–H and O–H groups in total. The summed E-state index contributed by atoms with van der Waals surface area (Å²) in [4.78, 5) is 13.6. The van der Waals surface area contributed by atoms with E-state index in [-0.39, 0.29) is 5.95 Å². The summed E-state index contributed by atoms with van der Waals surface area (Å²) in [5.41, 5.74) is 10.9. The number of nitrogens with two attached hydrogens (primary N) is 1. The van der Waals surface area contributed by atoms with Gasteiger partial charge in [-0.15, -0.1) is 0 Å². The Morgan fingerprint density at radius 3 is 2.17 bits per heavy atom. The fourth-order valence-electron chi connectivity index (χ4n) is 5.51. The predicted octanol–water partition coefficient (Wildman–Crippen LogP) is 6.97. The number of aromatic nitrogens is 4. The van der Waals surface area contributed by atoms with Crippen molar-refractivity contribution in [2.75, 3.05) is 19.5 Å². The molecule has 196 valence electrons. The molecule has 0 atom stereocenters. The molecule has 0 spiro atoms. The maximum atomic E-state index is 6.79. The topological polar surface area (TPSA) is 88.1 Å². The molecule has 0 saturated carbocycles. The standard InChI is InChI=1S/C27H40ClN5O2Si/c1-18(2)36(19(3)4,20(5)6)35-16-8-9-24-32-25(21-10-12-22(28)13-11-21)26(33(24)17-34-7)23-14-15-30-27(29)31-23/h10-15,18-20H,8-9,16-17H2,1-7H3,(H2,29,30,31). The molecule has 2 aromatic heterocycles. The van der Waals surface area contributed by atoms with Gasteiger partial charge in [-0.1, -0.05) is 65.3 Å². The number of imidazole rings is 1. The average Bonchev–Trinajstić information content (AvgIpc) is 3.17. The first-order valence-corrected chi connectivity index (χ1v) is 15.2. The first kappa shape index (κ1) is 28.3. The van der Waals surface area contributed by atoms with Crippen LogP contribution in [0, 0.1) is 0 Å². The Hall–Kier alpha value is -2.26. The number of halogens is 1.